The van der Waals surface area contributed by atoms with E-state index in [9.17, 15) is 13.2 Å². The molecule has 4 rings (SSSR count). The third-order valence-electron chi connectivity index (χ3n) is 5.25. The van der Waals surface area contributed by atoms with Gasteiger partial charge in [-0.3, -0.25) is 9.10 Å². The van der Waals surface area contributed by atoms with Crippen molar-refractivity contribution in [3.8, 4) is 0 Å². The summed E-state index contributed by atoms with van der Waals surface area (Å²) in [5.74, 6) is -0.507. The van der Waals surface area contributed by atoms with Crippen molar-refractivity contribution in [1.82, 2.24) is 0 Å². The molecule has 1 heterocycles. The van der Waals surface area contributed by atoms with Gasteiger partial charge in [0.05, 0.1) is 12.2 Å². The highest BCUT2D eigenvalue weighted by Crippen LogP contribution is 2.36. The molecule has 0 amide bonds. The maximum atomic E-state index is 13.5. The van der Waals surface area contributed by atoms with Crippen LogP contribution in [0, 0.1) is 20.8 Å². The van der Waals surface area contributed by atoms with Crippen molar-refractivity contribution < 1.29 is 13.2 Å². The highest BCUT2D eigenvalue weighted by molar-refractivity contribution is 7.97. The lowest BCUT2D eigenvalue weighted by Crippen LogP contribution is -2.39. The molecule has 0 atom stereocenters. The van der Waals surface area contributed by atoms with Gasteiger partial charge >= 0.3 is 0 Å². The fourth-order valence-electron chi connectivity index (χ4n) is 3.76. The molecule has 1 aliphatic rings. The predicted molar refractivity (Wildman–Crippen MR) is 125 cm³/mol. The molecule has 0 saturated heterocycles. The maximum absolute atomic E-state index is 13.5. The third-order valence-corrected chi connectivity index (χ3v) is 7.01. The second-order valence-electron chi connectivity index (χ2n) is 7.87. The molecule has 0 unspecified atom stereocenters. The molecule has 3 aromatic carbocycles. The van der Waals surface area contributed by atoms with Crippen molar-refractivity contribution in [3.05, 3.63) is 106 Å². The van der Waals surface area contributed by atoms with Gasteiger partial charge in [0.2, 0.25) is 5.78 Å². The van der Waals surface area contributed by atoms with Crippen LogP contribution in [0.2, 0.25) is 0 Å². The van der Waals surface area contributed by atoms with Crippen LogP contribution in [-0.4, -0.2) is 14.2 Å². The summed E-state index contributed by atoms with van der Waals surface area (Å²) in [5.41, 5.74) is 5.54. The van der Waals surface area contributed by atoms with Crippen LogP contribution in [0.4, 0.5) is 11.4 Å². The summed E-state index contributed by atoms with van der Waals surface area (Å²) in [7, 11) is -4.04. The van der Waals surface area contributed by atoms with Gasteiger partial charge in [0.15, 0.2) is 4.91 Å². The number of nitrogens with one attached hydrogen (secondary N) is 1. The molecule has 0 fully saturated rings. The van der Waals surface area contributed by atoms with Crippen LogP contribution in [-0.2, 0) is 16.6 Å². The fraction of sp³-hybridized carbons (Fsp3) is 0.160. The average Bonchev–Trinajstić information content (AvgIpc) is 2.71. The zero-order valence-electron chi connectivity index (χ0n) is 17.7. The SMILES string of the molecule is Cc1ccc(CN2c3ccccc3C(=O)C(=CNc3cc(C)cc(C)c3)S2(=O)=O)cc1. The van der Waals surface area contributed by atoms with Crippen LogP contribution in [0.1, 0.15) is 32.6 Å². The molecule has 31 heavy (non-hydrogen) atoms. The summed E-state index contributed by atoms with van der Waals surface area (Å²) in [6.07, 6.45) is 1.31. The molecule has 1 aliphatic heterocycles. The topological polar surface area (TPSA) is 66.5 Å². The number of rotatable bonds is 4. The van der Waals surface area contributed by atoms with Gasteiger partial charge in [-0.15, -0.1) is 0 Å². The number of benzene rings is 3. The summed E-state index contributed by atoms with van der Waals surface area (Å²) in [6.45, 7) is 6.06. The van der Waals surface area contributed by atoms with Crippen molar-refractivity contribution in [3.63, 3.8) is 0 Å². The Balaban J connectivity index is 1.77. The normalized spacial score (nSPS) is 16.3. The molecule has 0 spiro atoms. The molecule has 3 aromatic rings. The van der Waals surface area contributed by atoms with Crippen LogP contribution in [0.15, 0.2) is 77.8 Å². The van der Waals surface area contributed by atoms with E-state index in [1.807, 2.05) is 63.2 Å². The van der Waals surface area contributed by atoms with E-state index >= 15 is 0 Å². The molecule has 1 N–H and O–H groups in total. The lowest BCUT2D eigenvalue weighted by molar-refractivity contribution is 0.104. The van der Waals surface area contributed by atoms with Crippen molar-refractivity contribution in [1.29, 1.82) is 0 Å². The van der Waals surface area contributed by atoms with E-state index in [0.717, 1.165) is 27.9 Å². The molecule has 0 saturated carbocycles. The molecule has 5 nitrogen and oxygen atoms in total. The number of para-hydroxylation sites is 1. The Morgan fingerprint density at radius 1 is 0.871 bits per heavy atom. The Hall–Kier alpha value is -3.38. The van der Waals surface area contributed by atoms with Crippen LogP contribution in [0.3, 0.4) is 0 Å². The summed E-state index contributed by atoms with van der Waals surface area (Å²) in [5, 5.41) is 3.02. The summed E-state index contributed by atoms with van der Waals surface area (Å²) >= 11 is 0. The maximum Gasteiger partial charge on any atom is 0.270 e. The van der Waals surface area contributed by atoms with Gasteiger partial charge in [0, 0.05) is 17.5 Å². The molecule has 6 heteroatoms. The van der Waals surface area contributed by atoms with E-state index in [4.69, 9.17) is 0 Å². The largest absolute Gasteiger partial charge is 0.360 e. The Labute approximate surface area is 183 Å². The van der Waals surface area contributed by atoms with E-state index in [2.05, 4.69) is 5.32 Å². The zero-order chi connectivity index (χ0) is 22.2. The van der Waals surface area contributed by atoms with Gasteiger partial charge in [-0.2, -0.15) is 0 Å². The number of fused-ring (bicyclic) bond motifs is 1. The number of nitrogens with zero attached hydrogens (tertiary/aromatic N) is 1. The molecule has 0 aromatic heterocycles. The van der Waals surface area contributed by atoms with E-state index in [-0.39, 0.29) is 11.4 Å². The van der Waals surface area contributed by atoms with Gasteiger partial charge in [-0.05, 0) is 61.7 Å². The second kappa shape index (κ2) is 8.04. The molecular weight excluding hydrogens is 408 g/mol. The first kappa shape index (κ1) is 20.9. The molecule has 0 radical (unpaired) electrons. The minimum absolute atomic E-state index is 0.147. The van der Waals surface area contributed by atoms with Crippen LogP contribution < -0.4 is 9.62 Å². The predicted octanol–water partition coefficient (Wildman–Crippen LogP) is 5.10. The number of carbonyl (C=O) groups is 1. The number of allylic oxidation sites excluding steroid dienone is 1. The quantitative estimate of drug-likeness (QED) is 0.583. The van der Waals surface area contributed by atoms with Crippen LogP contribution in [0.25, 0.3) is 0 Å². The number of aryl methyl sites for hydroxylation is 3. The smallest absolute Gasteiger partial charge is 0.270 e. The summed E-state index contributed by atoms with van der Waals surface area (Å²) < 4.78 is 28.3. The van der Waals surface area contributed by atoms with E-state index in [0.29, 0.717) is 11.3 Å². The number of Topliss-reactive ketones (excluding diaryl/α,β-unsaturated/α-hetero) is 1. The molecule has 0 aliphatic carbocycles. The van der Waals surface area contributed by atoms with Gasteiger partial charge in [0.1, 0.15) is 0 Å². The number of anilines is 2. The lowest BCUT2D eigenvalue weighted by Gasteiger charge is -2.31. The average molecular weight is 433 g/mol. The summed E-state index contributed by atoms with van der Waals surface area (Å²) in [6, 6.07) is 20.4. The highest BCUT2D eigenvalue weighted by Gasteiger charge is 2.40. The highest BCUT2D eigenvalue weighted by atomic mass is 32.2. The molecule has 0 bridgehead atoms. The molecule has 158 valence electrons. The first-order valence-corrected chi connectivity index (χ1v) is 11.5. The fourth-order valence-corrected chi connectivity index (χ4v) is 5.28. The first-order chi connectivity index (χ1) is 14.8. The number of sulfonamides is 1. The summed E-state index contributed by atoms with van der Waals surface area (Å²) in [4.78, 5) is 12.8. The Bertz CT molecular complexity index is 1270. The second-order valence-corrected chi connectivity index (χ2v) is 9.70. The van der Waals surface area contributed by atoms with Gasteiger partial charge < -0.3 is 5.32 Å². The van der Waals surface area contributed by atoms with Gasteiger partial charge in [-0.1, -0.05) is 48.0 Å². The number of hydrogen-bond acceptors (Lipinski definition) is 4. The monoisotopic (exact) mass is 432 g/mol. The Kier molecular flexibility index (Phi) is 5.41. The Morgan fingerprint density at radius 2 is 1.52 bits per heavy atom. The number of carbonyl (C=O) groups excluding carboxylic acids is 1. The van der Waals surface area contributed by atoms with E-state index in [1.54, 1.807) is 24.3 Å². The van der Waals surface area contributed by atoms with Crippen molar-refractivity contribution in [2.75, 3.05) is 9.62 Å². The van der Waals surface area contributed by atoms with E-state index in [1.165, 1.54) is 10.5 Å². The van der Waals surface area contributed by atoms with Gasteiger partial charge in [0.25, 0.3) is 10.0 Å². The van der Waals surface area contributed by atoms with Crippen LogP contribution >= 0.6 is 0 Å². The zero-order valence-corrected chi connectivity index (χ0v) is 18.5. The van der Waals surface area contributed by atoms with Crippen molar-refractivity contribution in [2.45, 2.75) is 27.3 Å². The number of ketones is 1. The first-order valence-electron chi connectivity index (χ1n) is 10.0. The molecular formula is C25H24N2O3S. The third kappa shape index (κ3) is 4.11. The Morgan fingerprint density at radius 3 is 2.19 bits per heavy atom. The number of hydrogen-bond donors (Lipinski definition) is 1. The van der Waals surface area contributed by atoms with Crippen LogP contribution in [0.5, 0.6) is 0 Å². The van der Waals surface area contributed by atoms with E-state index < -0.39 is 15.8 Å². The van der Waals surface area contributed by atoms with Gasteiger partial charge in [-0.25, -0.2) is 8.42 Å². The minimum atomic E-state index is -4.04. The standard InChI is InChI=1S/C25H24N2O3S/c1-17-8-10-20(11-9-17)16-27-23-7-5-4-6-22(23)25(28)24(31(27,29)30)15-26-21-13-18(2)12-19(3)14-21/h4-15,26H,16H2,1-3H3. The van der Waals surface area contributed by atoms with Crippen molar-refractivity contribution in [2.24, 2.45) is 0 Å². The van der Waals surface area contributed by atoms with Crippen molar-refractivity contribution >= 4 is 27.2 Å². The lowest BCUT2D eigenvalue weighted by atomic mass is 10.1. The minimum Gasteiger partial charge on any atom is -0.360 e.